The van der Waals surface area contributed by atoms with Crippen LogP contribution in [-0.2, 0) is 16.1 Å². The molecule has 0 atom stereocenters. The van der Waals surface area contributed by atoms with Crippen molar-refractivity contribution < 1.29 is 60.1 Å². The fourth-order valence-corrected chi connectivity index (χ4v) is 4.52. The smallest absolute Gasteiger partial charge is 0.490 e. The van der Waals surface area contributed by atoms with Crippen LogP contribution in [0.5, 0.6) is 5.75 Å². The number of nitrogens with one attached hydrogen (secondary N) is 1. The number of nitrogens with zero attached hydrogens (tertiary/aromatic N) is 4. The second-order valence-corrected chi connectivity index (χ2v) is 10.1. The van der Waals surface area contributed by atoms with Crippen LogP contribution in [0.15, 0.2) is 55.0 Å². The van der Waals surface area contributed by atoms with Gasteiger partial charge in [-0.05, 0) is 73.4 Å². The van der Waals surface area contributed by atoms with Crippen molar-refractivity contribution in [2.75, 3.05) is 14.2 Å². The first-order chi connectivity index (χ1) is 22.9. The van der Waals surface area contributed by atoms with Gasteiger partial charge in [0.25, 0.3) is 5.91 Å². The average molecular weight is 700 g/mol. The normalized spacial score (nSPS) is 13.3. The number of imidazole rings is 2. The van der Waals surface area contributed by atoms with Crippen LogP contribution in [0.4, 0.5) is 30.7 Å². The van der Waals surface area contributed by atoms with Gasteiger partial charge >= 0.3 is 24.3 Å². The number of carboxylic acids is 2. The topological polar surface area (TPSA) is 149 Å². The summed E-state index contributed by atoms with van der Waals surface area (Å²) < 4.78 is 86.7. The van der Waals surface area contributed by atoms with E-state index in [9.17, 15) is 35.5 Å². The first kappa shape index (κ1) is 37.8. The third kappa shape index (κ3) is 9.68. The van der Waals surface area contributed by atoms with E-state index in [0.717, 1.165) is 59.0 Å². The predicted molar refractivity (Wildman–Crippen MR) is 160 cm³/mol. The van der Waals surface area contributed by atoms with E-state index in [1.54, 1.807) is 32.6 Å². The molecule has 5 rings (SSSR count). The van der Waals surface area contributed by atoms with Gasteiger partial charge in [-0.3, -0.25) is 4.79 Å². The highest BCUT2D eigenvalue weighted by Gasteiger charge is 2.39. The number of benzene rings is 2. The van der Waals surface area contributed by atoms with Crippen molar-refractivity contribution >= 4 is 29.5 Å². The first-order valence-electron chi connectivity index (χ1n) is 14.0. The molecule has 262 valence electrons. The van der Waals surface area contributed by atoms with E-state index in [4.69, 9.17) is 29.5 Å². The van der Waals surface area contributed by atoms with Crippen LogP contribution in [0.2, 0.25) is 0 Å². The summed E-state index contributed by atoms with van der Waals surface area (Å²) in [5, 5.41) is 16.9. The molecule has 3 heterocycles. The third-order valence-corrected chi connectivity index (χ3v) is 6.66. The third-order valence-electron chi connectivity index (χ3n) is 6.66. The Balaban J connectivity index is 0.000000392. The van der Waals surface area contributed by atoms with Crippen LogP contribution in [0.1, 0.15) is 40.4 Å². The molecule has 0 bridgehead atoms. The van der Waals surface area contributed by atoms with Crippen molar-refractivity contribution in [2.24, 2.45) is 0 Å². The van der Waals surface area contributed by atoms with E-state index in [0.29, 0.717) is 11.4 Å². The quantitative estimate of drug-likeness (QED) is 0.210. The number of aromatic nitrogens is 4. The second kappa shape index (κ2) is 15.5. The van der Waals surface area contributed by atoms with Crippen LogP contribution < -0.4 is 10.1 Å². The summed E-state index contributed by atoms with van der Waals surface area (Å²) >= 11 is 0. The summed E-state index contributed by atoms with van der Waals surface area (Å²) in [4.78, 5) is 39.6. The van der Waals surface area contributed by atoms with E-state index >= 15 is 0 Å². The van der Waals surface area contributed by atoms with Crippen molar-refractivity contribution in [3.63, 3.8) is 0 Å². The van der Waals surface area contributed by atoms with Gasteiger partial charge in [-0.1, -0.05) is 6.07 Å². The molecule has 18 heteroatoms. The number of fused-ring (bicyclic) bond motifs is 1. The molecular formula is C31H28F7N5O6. The highest BCUT2D eigenvalue weighted by atomic mass is 19.4. The lowest BCUT2D eigenvalue weighted by Crippen LogP contribution is -2.21. The van der Waals surface area contributed by atoms with Crippen LogP contribution in [0.3, 0.4) is 0 Å². The minimum absolute atomic E-state index is 0.271. The van der Waals surface area contributed by atoms with E-state index < -0.39 is 24.3 Å². The average Bonchev–Trinajstić information content (AvgIpc) is 3.65. The van der Waals surface area contributed by atoms with Gasteiger partial charge in [0, 0.05) is 25.4 Å². The Morgan fingerprint density at radius 1 is 0.980 bits per heavy atom. The summed E-state index contributed by atoms with van der Waals surface area (Å²) in [6.07, 6.45) is -2.63. The zero-order chi connectivity index (χ0) is 36.7. The fourth-order valence-electron chi connectivity index (χ4n) is 4.52. The number of alkyl halides is 6. The van der Waals surface area contributed by atoms with Crippen molar-refractivity contribution in [1.82, 2.24) is 24.4 Å². The number of hydrogen-bond acceptors (Lipinski definition) is 6. The standard InChI is InChI=1S/C27H26FN5O2.2C2HF3O2/c1-17-15-32(16-30-17)22-11-6-18(14-23(22)35-3)13-20-5-4-12-33-25(19-7-9-21(28)10-8-19)24(27(34)29-2)31-26(20)33;2*3-2(4,5)1(6)7/h6-11,13-16H,4-5,12H2,1-3H3,(H,29,34);2*(H,6,7)/b20-13+;;. The number of allylic oxidation sites excluding steroid dienone is 1. The fraction of sp³-hybridized carbons (Fsp3) is 0.258. The zero-order valence-electron chi connectivity index (χ0n) is 25.9. The van der Waals surface area contributed by atoms with E-state index in [-0.39, 0.29) is 11.7 Å². The minimum atomic E-state index is -5.08. The molecule has 0 unspecified atom stereocenters. The molecule has 1 aliphatic heterocycles. The van der Waals surface area contributed by atoms with Crippen molar-refractivity contribution in [1.29, 1.82) is 0 Å². The van der Waals surface area contributed by atoms with Gasteiger partial charge in [0.2, 0.25) is 0 Å². The van der Waals surface area contributed by atoms with Gasteiger partial charge < -0.3 is 29.4 Å². The Labute approximate surface area is 273 Å². The summed E-state index contributed by atoms with van der Waals surface area (Å²) in [5.74, 6) is -4.62. The number of carbonyl (C=O) groups excluding carboxylic acids is 1. The minimum Gasteiger partial charge on any atom is -0.495 e. The van der Waals surface area contributed by atoms with Crippen molar-refractivity contribution in [2.45, 2.75) is 38.7 Å². The van der Waals surface area contributed by atoms with Crippen molar-refractivity contribution in [3.8, 4) is 22.7 Å². The van der Waals surface area contributed by atoms with Gasteiger partial charge in [0.15, 0.2) is 5.69 Å². The Kier molecular flexibility index (Phi) is 11.9. The number of aliphatic carboxylic acids is 2. The van der Waals surface area contributed by atoms with Crippen molar-refractivity contribution in [3.05, 3.63) is 83.6 Å². The number of carboxylic acid groups (broad SMARTS) is 2. The molecule has 11 nitrogen and oxygen atoms in total. The molecule has 2 aromatic heterocycles. The molecule has 0 spiro atoms. The summed E-state index contributed by atoms with van der Waals surface area (Å²) in [6.45, 7) is 2.67. The highest BCUT2D eigenvalue weighted by molar-refractivity contribution is 5.99. The number of amides is 1. The molecule has 1 aliphatic rings. The highest BCUT2D eigenvalue weighted by Crippen LogP contribution is 2.36. The van der Waals surface area contributed by atoms with Gasteiger partial charge in [-0.2, -0.15) is 26.3 Å². The van der Waals surface area contributed by atoms with E-state index in [1.165, 1.54) is 12.1 Å². The largest absolute Gasteiger partial charge is 0.495 e. The summed E-state index contributed by atoms with van der Waals surface area (Å²) in [5.41, 5.74) is 5.63. The molecule has 0 radical (unpaired) electrons. The molecule has 2 aromatic carbocycles. The van der Waals surface area contributed by atoms with Gasteiger partial charge in [0.05, 0.1) is 30.5 Å². The Morgan fingerprint density at radius 3 is 2.06 bits per heavy atom. The molecule has 0 saturated carbocycles. The lowest BCUT2D eigenvalue weighted by atomic mass is 10.0. The number of aryl methyl sites for hydroxylation is 1. The van der Waals surface area contributed by atoms with Crippen LogP contribution >= 0.6 is 0 Å². The molecule has 0 aliphatic carbocycles. The molecule has 3 N–H and O–H groups in total. The number of carbonyl (C=O) groups is 3. The maximum absolute atomic E-state index is 13.6. The molecule has 4 aromatic rings. The van der Waals surface area contributed by atoms with E-state index in [1.807, 2.05) is 35.9 Å². The zero-order valence-corrected chi connectivity index (χ0v) is 25.9. The predicted octanol–water partition coefficient (Wildman–Crippen LogP) is 6.15. The monoisotopic (exact) mass is 699 g/mol. The number of methoxy groups -OCH3 is 1. The second-order valence-electron chi connectivity index (χ2n) is 10.1. The van der Waals surface area contributed by atoms with Crippen LogP contribution in [0, 0.1) is 12.7 Å². The molecule has 0 saturated heterocycles. The maximum Gasteiger partial charge on any atom is 0.490 e. The number of hydrogen-bond donors (Lipinski definition) is 3. The molecule has 1 amide bonds. The Morgan fingerprint density at radius 2 is 1.57 bits per heavy atom. The first-order valence-corrected chi connectivity index (χ1v) is 14.0. The van der Waals surface area contributed by atoms with Gasteiger partial charge in [-0.15, -0.1) is 0 Å². The lowest BCUT2D eigenvalue weighted by molar-refractivity contribution is -0.193. The SMILES string of the molecule is CNC(=O)c1nc2n(c1-c1ccc(F)cc1)CCC/C2=C\c1ccc(-n2cnc(C)c2)c(OC)c1.O=C(O)C(F)(F)F.O=C(O)C(F)(F)F. The Hall–Kier alpha value is -5.68. The summed E-state index contributed by atoms with van der Waals surface area (Å²) in [6, 6.07) is 12.2. The van der Waals surface area contributed by atoms with Crippen LogP contribution in [0.25, 0.3) is 28.6 Å². The lowest BCUT2D eigenvalue weighted by Gasteiger charge is -2.20. The molecular weight excluding hydrogens is 671 g/mol. The van der Waals surface area contributed by atoms with Gasteiger partial charge in [-0.25, -0.2) is 23.9 Å². The maximum atomic E-state index is 13.6. The number of ether oxygens (including phenoxy) is 1. The Bertz CT molecular complexity index is 1820. The summed E-state index contributed by atoms with van der Waals surface area (Å²) in [7, 11) is 3.24. The molecule has 49 heavy (non-hydrogen) atoms. The number of rotatable bonds is 5. The van der Waals surface area contributed by atoms with E-state index in [2.05, 4.69) is 20.9 Å². The van der Waals surface area contributed by atoms with Gasteiger partial charge in [0.1, 0.15) is 17.4 Å². The van der Waals surface area contributed by atoms with Crippen LogP contribution in [-0.4, -0.2) is 73.7 Å². The molecule has 0 fully saturated rings. The number of halogens is 7.